The quantitative estimate of drug-likeness (QED) is 0.483. The molecule has 0 aliphatic rings. The van der Waals surface area contributed by atoms with Crippen molar-refractivity contribution in [2.24, 2.45) is 5.10 Å². The largest absolute Gasteiger partial charge is 0.493 e. The molecule has 0 heterocycles. The summed E-state index contributed by atoms with van der Waals surface area (Å²) in [6.45, 7) is 2.47. The minimum atomic E-state index is 0.410. The molecule has 0 aliphatic heterocycles. The van der Waals surface area contributed by atoms with Crippen LogP contribution in [-0.2, 0) is 0 Å². The number of methoxy groups -OCH3 is 1. The Bertz CT molecular complexity index is 675. The second-order valence-electron chi connectivity index (χ2n) is 4.50. The summed E-state index contributed by atoms with van der Waals surface area (Å²) in [7, 11) is 1.61. The summed E-state index contributed by atoms with van der Waals surface area (Å²) in [6.07, 6.45) is 1.65. The van der Waals surface area contributed by atoms with Crippen LogP contribution in [0, 0.1) is 0 Å². The summed E-state index contributed by atoms with van der Waals surface area (Å²) >= 11 is 5.19. The summed E-state index contributed by atoms with van der Waals surface area (Å²) in [6, 6.07) is 15.3. The molecule has 2 N–H and O–H groups in total. The number of thiocarbonyl (C=S) groups is 1. The molecular weight excluding hydrogens is 310 g/mol. The highest BCUT2D eigenvalue weighted by Crippen LogP contribution is 2.29. The van der Waals surface area contributed by atoms with Crippen molar-refractivity contribution in [1.82, 2.24) is 5.43 Å². The molecule has 6 heteroatoms. The van der Waals surface area contributed by atoms with Crippen molar-refractivity contribution < 1.29 is 9.47 Å². The molecule has 0 saturated heterocycles. The van der Waals surface area contributed by atoms with Gasteiger partial charge in [0.2, 0.25) is 0 Å². The number of hydrogen-bond acceptors (Lipinski definition) is 4. The molecule has 0 spiro atoms. The molecular formula is C17H19N3O2S. The molecule has 0 unspecified atom stereocenters. The van der Waals surface area contributed by atoms with E-state index in [1.165, 1.54) is 0 Å². The van der Waals surface area contributed by atoms with Gasteiger partial charge in [0.05, 0.1) is 19.9 Å². The molecule has 0 fully saturated rings. The van der Waals surface area contributed by atoms with E-state index in [2.05, 4.69) is 15.8 Å². The average molecular weight is 329 g/mol. The molecule has 5 nitrogen and oxygen atoms in total. The van der Waals surface area contributed by atoms with Crippen molar-refractivity contribution >= 4 is 29.2 Å². The minimum Gasteiger partial charge on any atom is -0.493 e. The number of nitrogens with zero attached hydrogens (tertiary/aromatic N) is 1. The van der Waals surface area contributed by atoms with Crippen LogP contribution in [0.4, 0.5) is 5.69 Å². The van der Waals surface area contributed by atoms with E-state index in [0.717, 1.165) is 11.3 Å². The van der Waals surface area contributed by atoms with E-state index in [0.29, 0.717) is 23.2 Å². The average Bonchev–Trinajstić information content (AvgIpc) is 2.57. The highest BCUT2D eigenvalue weighted by molar-refractivity contribution is 7.80. The van der Waals surface area contributed by atoms with Crippen molar-refractivity contribution in [3.63, 3.8) is 0 Å². The molecule has 2 rings (SSSR count). The van der Waals surface area contributed by atoms with Crippen LogP contribution in [0.15, 0.2) is 53.6 Å². The minimum absolute atomic E-state index is 0.410. The zero-order valence-electron chi connectivity index (χ0n) is 13.1. The fourth-order valence-electron chi connectivity index (χ4n) is 1.93. The predicted molar refractivity (Wildman–Crippen MR) is 97.6 cm³/mol. The van der Waals surface area contributed by atoms with Crippen LogP contribution in [0.25, 0.3) is 0 Å². The predicted octanol–water partition coefficient (Wildman–Crippen LogP) is 3.41. The van der Waals surface area contributed by atoms with Crippen molar-refractivity contribution in [1.29, 1.82) is 0 Å². The lowest BCUT2D eigenvalue weighted by Gasteiger charge is -2.11. The number of hydrazone groups is 1. The number of hydrogen-bond donors (Lipinski definition) is 2. The summed E-state index contributed by atoms with van der Waals surface area (Å²) < 4.78 is 10.9. The number of rotatable bonds is 6. The van der Waals surface area contributed by atoms with Gasteiger partial charge in [-0.1, -0.05) is 24.3 Å². The third-order valence-electron chi connectivity index (χ3n) is 2.92. The van der Waals surface area contributed by atoms with Gasteiger partial charge in [0.15, 0.2) is 16.6 Å². The molecule has 23 heavy (non-hydrogen) atoms. The van der Waals surface area contributed by atoms with E-state index in [4.69, 9.17) is 21.7 Å². The Balaban J connectivity index is 2.01. The van der Waals surface area contributed by atoms with Crippen LogP contribution in [-0.4, -0.2) is 25.0 Å². The fourth-order valence-corrected chi connectivity index (χ4v) is 2.11. The maximum absolute atomic E-state index is 5.62. The molecule has 0 aliphatic carbocycles. The summed E-state index contributed by atoms with van der Waals surface area (Å²) in [5.41, 5.74) is 4.49. The summed E-state index contributed by atoms with van der Waals surface area (Å²) in [5, 5.41) is 7.59. The normalized spacial score (nSPS) is 10.3. The molecule has 120 valence electrons. The molecule has 2 aromatic carbocycles. The van der Waals surface area contributed by atoms with E-state index in [9.17, 15) is 0 Å². The van der Waals surface area contributed by atoms with Crippen molar-refractivity contribution in [3.8, 4) is 11.5 Å². The maximum Gasteiger partial charge on any atom is 0.191 e. The Morgan fingerprint density at radius 2 is 1.96 bits per heavy atom. The topological polar surface area (TPSA) is 54.9 Å². The number of ether oxygens (including phenoxy) is 2. The molecule has 0 amide bonds. The van der Waals surface area contributed by atoms with Gasteiger partial charge in [-0.3, -0.25) is 5.43 Å². The van der Waals surface area contributed by atoms with E-state index in [-0.39, 0.29) is 0 Å². The molecule has 2 aromatic rings. The first kappa shape index (κ1) is 16.8. The van der Waals surface area contributed by atoms with Gasteiger partial charge in [-0.2, -0.15) is 5.10 Å². The first-order valence-electron chi connectivity index (χ1n) is 7.19. The van der Waals surface area contributed by atoms with Gasteiger partial charge in [0.1, 0.15) is 0 Å². The summed E-state index contributed by atoms with van der Waals surface area (Å²) in [5.74, 6) is 1.32. The Labute approximate surface area is 141 Å². The fraction of sp³-hybridized carbons (Fsp3) is 0.176. The highest BCUT2D eigenvalue weighted by atomic mass is 32.1. The van der Waals surface area contributed by atoms with Crippen LogP contribution in [0.5, 0.6) is 11.5 Å². The van der Waals surface area contributed by atoms with Crippen LogP contribution >= 0.6 is 12.2 Å². The lowest BCUT2D eigenvalue weighted by molar-refractivity contribution is 0.310. The smallest absolute Gasteiger partial charge is 0.191 e. The number of para-hydroxylation sites is 2. The van der Waals surface area contributed by atoms with Gasteiger partial charge in [-0.25, -0.2) is 0 Å². The highest BCUT2D eigenvalue weighted by Gasteiger charge is 2.08. The summed E-state index contributed by atoms with van der Waals surface area (Å²) in [4.78, 5) is 0. The van der Waals surface area contributed by atoms with Crippen molar-refractivity contribution in [2.75, 3.05) is 19.0 Å². The van der Waals surface area contributed by atoms with Gasteiger partial charge in [-0.15, -0.1) is 0 Å². The molecule has 0 saturated carbocycles. The molecule has 0 aromatic heterocycles. The Hall–Kier alpha value is -2.60. The molecule has 0 radical (unpaired) electrons. The zero-order valence-corrected chi connectivity index (χ0v) is 13.9. The lowest BCUT2D eigenvalue weighted by atomic mass is 10.2. The zero-order chi connectivity index (χ0) is 16.5. The Morgan fingerprint density at radius 1 is 1.17 bits per heavy atom. The van der Waals surface area contributed by atoms with Gasteiger partial charge in [-0.05, 0) is 43.4 Å². The van der Waals surface area contributed by atoms with Gasteiger partial charge in [0.25, 0.3) is 0 Å². The van der Waals surface area contributed by atoms with Gasteiger partial charge in [0, 0.05) is 11.3 Å². The van der Waals surface area contributed by atoms with Gasteiger partial charge >= 0.3 is 0 Å². The van der Waals surface area contributed by atoms with E-state index < -0.39 is 0 Å². The van der Waals surface area contributed by atoms with Crippen molar-refractivity contribution in [2.45, 2.75) is 6.92 Å². The van der Waals surface area contributed by atoms with Gasteiger partial charge < -0.3 is 14.8 Å². The maximum atomic E-state index is 5.62. The van der Waals surface area contributed by atoms with Crippen LogP contribution < -0.4 is 20.2 Å². The van der Waals surface area contributed by atoms with Crippen molar-refractivity contribution in [3.05, 3.63) is 54.1 Å². The van der Waals surface area contributed by atoms with Crippen LogP contribution in [0.1, 0.15) is 12.5 Å². The van der Waals surface area contributed by atoms with E-state index in [1.54, 1.807) is 13.3 Å². The van der Waals surface area contributed by atoms with E-state index in [1.807, 2.05) is 55.5 Å². The lowest BCUT2D eigenvalue weighted by Crippen LogP contribution is -2.23. The number of anilines is 1. The number of nitrogens with one attached hydrogen (secondary N) is 2. The first-order chi connectivity index (χ1) is 11.2. The van der Waals surface area contributed by atoms with Crippen LogP contribution in [0.2, 0.25) is 0 Å². The SMILES string of the molecule is CCOc1c(/C=N/NC(=S)Nc2ccccc2)cccc1OC. The van der Waals surface area contributed by atoms with Crippen LogP contribution in [0.3, 0.4) is 0 Å². The standard InChI is InChI=1S/C17H19N3O2S/c1-3-22-16-13(8-7-11-15(16)21-2)12-18-20-17(23)19-14-9-5-4-6-10-14/h4-12H,3H2,1-2H3,(H2,19,20,23)/b18-12+. The molecule has 0 bridgehead atoms. The second kappa shape index (κ2) is 8.75. The molecule has 0 atom stereocenters. The first-order valence-corrected chi connectivity index (χ1v) is 7.60. The van der Waals surface area contributed by atoms with E-state index >= 15 is 0 Å². The Kier molecular flexibility index (Phi) is 6.38. The Morgan fingerprint density at radius 3 is 2.65 bits per heavy atom. The third-order valence-corrected chi connectivity index (χ3v) is 3.11. The monoisotopic (exact) mass is 329 g/mol. The second-order valence-corrected chi connectivity index (χ2v) is 4.91. The third kappa shape index (κ3) is 4.96. The number of benzene rings is 2.